The minimum absolute atomic E-state index is 0.258. The van der Waals surface area contributed by atoms with E-state index in [1.807, 2.05) is 30.3 Å². The number of halogens is 2. The maximum absolute atomic E-state index is 8.86. The number of anilines is 1. The van der Waals surface area contributed by atoms with Crippen LogP contribution in [0.5, 0.6) is 0 Å². The van der Waals surface area contributed by atoms with Gasteiger partial charge in [-0.25, -0.2) is 0 Å². The second-order valence-electron chi connectivity index (χ2n) is 3.97. The van der Waals surface area contributed by atoms with Crippen molar-refractivity contribution in [2.75, 3.05) is 18.0 Å². The van der Waals surface area contributed by atoms with Gasteiger partial charge in [0.25, 0.3) is 0 Å². The smallest absolute Gasteiger partial charge is 0.130 e. The van der Waals surface area contributed by atoms with Gasteiger partial charge < -0.3 is 4.90 Å². The van der Waals surface area contributed by atoms with Gasteiger partial charge in [-0.05, 0) is 62.1 Å². The van der Waals surface area contributed by atoms with Gasteiger partial charge in [-0.15, -0.1) is 0 Å². The minimum atomic E-state index is 0.258. The van der Waals surface area contributed by atoms with Crippen LogP contribution < -0.4 is 4.90 Å². The molecule has 5 heteroatoms. The molecular weight excluding hydrogens is 358 g/mol. The summed E-state index contributed by atoms with van der Waals surface area (Å²) in [4.78, 5) is 2.17. The highest BCUT2D eigenvalue weighted by molar-refractivity contribution is 9.13. The molecule has 1 saturated heterocycles. The molecule has 1 aliphatic heterocycles. The van der Waals surface area contributed by atoms with Crippen molar-refractivity contribution in [2.45, 2.75) is 6.42 Å². The molecule has 0 atom stereocenters. The van der Waals surface area contributed by atoms with E-state index in [9.17, 15) is 0 Å². The van der Waals surface area contributed by atoms with Crippen molar-refractivity contribution >= 4 is 37.5 Å². The lowest BCUT2D eigenvalue weighted by atomic mass is 10.1. The summed E-state index contributed by atoms with van der Waals surface area (Å²) in [6, 6.07) is 9.96. The molecule has 0 bridgehead atoms. The quantitative estimate of drug-likeness (QED) is 0.711. The Hall–Kier alpha value is -1.30. The third-order valence-electron chi connectivity index (χ3n) is 2.91. The summed E-state index contributed by atoms with van der Waals surface area (Å²) in [6.45, 7) is 1.50. The molecule has 0 aromatic heterocycles. The van der Waals surface area contributed by atoms with Crippen LogP contribution >= 0.6 is 31.9 Å². The molecule has 0 spiro atoms. The van der Waals surface area contributed by atoms with Crippen LogP contribution in [-0.2, 0) is 0 Å². The molecule has 0 aliphatic carbocycles. The zero-order chi connectivity index (χ0) is 13.1. The molecular formula is C13H9Br2N3. The zero-order valence-electron chi connectivity index (χ0n) is 9.45. The van der Waals surface area contributed by atoms with Crippen molar-refractivity contribution in [3.05, 3.63) is 38.3 Å². The molecule has 0 N–H and O–H groups in total. The van der Waals surface area contributed by atoms with Crippen LogP contribution in [-0.4, -0.2) is 13.1 Å². The molecule has 1 heterocycles. The Kier molecular flexibility index (Phi) is 4.06. The molecule has 0 unspecified atom stereocenters. The van der Waals surface area contributed by atoms with E-state index in [0.29, 0.717) is 6.54 Å². The first-order chi connectivity index (χ1) is 8.65. The summed E-state index contributed by atoms with van der Waals surface area (Å²) >= 11 is 6.91. The Morgan fingerprint density at radius 2 is 1.89 bits per heavy atom. The number of benzene rings is 1. The second-order valence-corrected chi connectivity index (χ2v) is 5.68. The summed E-state index contributed by atoms with van der Waals surface area (Å²) in [5.74, 6) is 0. The topological polar surface area (TPSA) is 50.8 Å². The van der Waals surface area contributed by atoms with Crippen molar-refractivity contribution in [2.24, 2.45) is 0 Å². The van der Waals surface area contributed by atoms with E-state index in [1.54, 1.807) is 0 Å². The Labute approximate surface area is 123 Å². The number of nitriles is 2. The van der Waals surface area contributed by atoms with Crippen LogP contribution in [0.2, 0.25) is 0 Å². The van der Waals surface area contributed by atoms with Gasteiger partial charge in [-0.1, -0.05) is 0 Å². The van der Waals surface area contributed by atoms with Crippen molar-refractivity contribution < 1.29 is 0 Å². The van der Waals surface area contributed by atoms with Gasteiger partial charge in [-0.2, -0.15) is 10.5 Å². The number of allylic oxidation sites excluding steroid dienone is 1. The van der Waals surface area contributed by atoms with Crippen LogP contribution in [0.15, 0.2) is 38.3 Å². The van der Waals surface area contributed by atoms with E-state index in [2.05, 4.69) is 36.8 Å². The van der Waals surface area contributed by atoms with E-state index in [1.165, 1.54) is 0 Å². The SMILES string of the molecule is N#CC(C#N)=C1CCN(c2ccc(Br)c(Br)c2)C1. The van der Waals surface area contributed by atoms with Crippen molar-refractivity contribution in [3.8, 4) is 12.1 Å². The first-order valence-electron chi connectivity index (χ1n) is 5.38. The Bertz CT molecular complexity index is 577. The normalized spacial score (nSPS) is 14.2. The fraction of sp³-hybridized carbons (Fsp3) is 0.231. The average molecular weight is 367 g/mol. The molecule has 0 saturated carbocycles. The first-order valence-corrected chi connectivity index (χ1v) is 6.96. The van der Waals surface area contributed by atoms with Gasteiger partial charge >= 0.3 is 0 Å². The molecule has 0 radical (unpaired) electrons. The highest BCUT2D eigenvalue weighted by Gasteiger charge is 2.20. The van der Waals surface area contributed by atoms with Crippen molar-refractivity contribution in [1.29, 1.82) is 10.5 Å². The van der Waals surface area contributed by atoms with Gasteiger partial charge in [0.05, 0.1) is 0 Å². The minimum Gasteiger partial charge on any atom is -0.367 e. The summed E-state index contributed by atoms with van der Waals surface area (Å²) in [6.07, 6.45) is 0.782. The predicted octanol–water partition coefficient (Wildman–Crippen LogP) is 3.77. The molecule has 1 aromatic carbocycles. The third-order valence-corrected chi connectivity index (χ3v) is 4.79. The highest BCUT2D eigenvalue weighted by Crippen LogP contribution is 2.31. The Morgan fingerprint density at radius 1 is 1.17 bits per heavy atom. The van der Waals surface area contributed by atoms with E-state index in [0.717, 1.165) is 33.2 Å². The van der Waals surface area contributed by atoms with Crippen LogP contribution in [0, 0.1) is 22.7 Å². The number of hydrogen-bond donors (Lipinski definition) is 0. The summed E-state index contributed by atoms with van der Waals surface area (Å²) < 4.78 is 2.01. The summed E-state index contributed by atoms with van der Waals surface area (Å²) in [7, 11) is 0. The maximum atomic E-state index is 8.86. The average Bonchev–Trinajstić information content (AvgIpc) is 2.84. The first kappa shape index (κ1) is 13.1. The lowest BCUT2D eigenvalue weighted by Gasteiger charge is -2.17. The van der Waals surface area contributed by atoms with Crippen LogP contribution in [0.4, 0.5) is 5.69 Å². The molecule has 3 nitrogen and oxygen atoms in total. The zero-order valence-corrected chi connectivity index (χ0v) is 12.6. The fourth-order valence-corrected chi connectivity index (χ4v) is 2.56. The number of hydrogen-bond acceptors (Lipinski definition) is 3. The second kappa shape index (κ2) is 5.56. The maximum Gasteiger partial charge on any atom is 0.130 e. The predicted molar refractivity (Wildman–Crippen MR) is 76.9 cm³/mol. The van der Waals surface area contributed by atoms with Crippen molar-refractivity contribution in [1.82, 2.24) is 0 Å². The molecule has 2 rings (SSSR count). The summed E-state index contributed by atoms with van der Waals surface area (Å²) in [5, 5.41) is 17.7. The Morgan fingerprint density at radius 3 is 2.50 bits per heavy atom. The molecule has 1 aromatic rings. The molecule has 0 amide bonds. The monoisotopic (exact) mass is 365 g/mol. The number of nitrogens with zero attached hydrogens (tertiary/aromatic N) is 3. The largest absolute Gasteiger partial charge is 0.367 e. The lowest BCUT2D eigenvalue weighted by Crippen LogP contribution is -2.17. The van der Waals surface area contributed by atoms with E-state index >= 15 is 0 Å². The molecule has 90 valence electrons. The van der Waals surface area contributed by atoms with Crippen LogP contribution in [0.25, 0.3) is 0 Å². The molecule has 18 heavy (non-hydrogen) atoms. The van der Waals surface area contributed by atoms with Crippen molar-refractivity contribution in [3.63, 3.8) is 0 Å². The lowest BCUT2D eigenvalue weighted by molar-refractivity contribution is 0.967. The molecule has 1 fully saturated rings. The van der Waals surface area contributed by atoms with E-state index in [-0.39, 0.29) is 5.57 Å². The highest BCUT2D eigenvalue weighted by atomic mass is 79.9. The van der Waals surface area contributed by atoms with Gasteiger partial charge in [-0.3, -0.25) is 0 Å². The van der Waals surface area contributed by atoms with E-state index < -0.39 is 0 Å². The van der Waals surface area contributed by atoms with Crippen LogP contribution in [0.3, 0.4) is 0 Å². The van der Waals surface area contributed by atoms with Gasteiger partial charge in [0, 0.05) is 27.7 Å². The molecule has 1 aliphatic rings. The van der Waals surface area contributed by atoms with Gasteiger partial charge in [0.1, 0.15) is 17.7 Å². The van der Waals surface area contributed by atoms with E-state index in [4.69, 9.17) is 10.5 Å². The van der Waals surface area contributed by atoms with Gasteiger partial charge in [0.2, 0.25) is 0 Å². The Balaban J connectivity index is 2.24. The van der Waals surface area contributed by atoms with Crippen LogP contribution in [0.1, 0.15) is 6.42 Å². The standard InChI is InChI=1S/C13H9Br2N3/c14-12-2-1-11(5-13(12)15)18-4-3-9(8-18)10(6-16)7-17/h1-2,5H,3-4,8H2. The van der Waals surface area contributed by atoms with Gasteiger partial charge in [0.15, 0.2) is 0 Å². The number of rotatable bonds is 1. The third kappa shape index (κ3) is 2.58. The summed E-state index contributed by atoms with van der Waals surface area (Å²) in [5.41, 5.74) is 2.28. The fourth-order valence-electron chi connectivity index (χ4n) is 1.95.